The number of ether oxygens (including phenoxy) is 1. The molecule has 1 amide bonds. The number of halogens is 1. The van der Waals surface area contributed by atoms with Crippen molar-refractivity contribution in [1.29, 1.82) is 0 Å². The van der Waals surface area contributed by atoms with Crippen molar-refractivity contribution in [2.45, 2.75) is 24.3 Å². The minimum Gasteiger partial charge on any atom is -0.494 e. The van der Waals surface area contributed by atoms with Gasteiger partial charge in [-0.3, -0.25) is 9.59 Å². The number of aliphatic carboxylic acids is 1. The molecule has 0 saturated heterocycles. The van der Waals surface area contributed by atoms with Gasteiger partial charge in [-0.1, -0.05) is 23.7 Å². The molecule has 5 nitrogen and oxygen atoms in total. The summed E-state index contributed by atoms with van der Waals surface area (Å²) in [6.45, 7) is 0.809. The molecule has 2 aromatic carbocycles. The molecule has 7 heteroatoms. The molecule has 0 aromatic heterocycles. The van der Waals surface area contributed by atoms with E-state index in [1.165, 1.54) is 11.8 Å². The van der Waals surface area contributed by atoms with Gasteiger partial charge < -0.3 is 15.2 Å². The van der Waals surface area contributed by atoms with Crippen LogP contribution in [0.15, 0.2) is 53.4 Å². The Kier molecular flexibility index (Phi) is 8.31. The molecular weight excluding hydrogens is 374 g/mol. The summed E-state index contributed by atoms with van der Waals surface area (Å²) in [4.78, 5) is 23.3. The van der Waals surface area contributed by atoms with Gasteiger partial charge in [0.25, 0.3) is 0 Å². The number of rotatable bonds is 10. The molecule has 0 unspecified atom stereocenters. The Morgan fingerprint density at radius 3 is 2.42 bits per heavy atom. The highest BCUT2D eigenvalue weighted by atomic mass is 35.5. The minimum atomic E-state index is -0.825. The van der Waals surface area contributed by atoms with Gasteiger partial charge in [0.1, 0.15) is 5.75 Å². The third-order valence-corrected chi connectivity index (χ3v) is 4.66. The number of carbonyl (C=O) groups excluding carboxylic acids is 1. The third kappa shape index (κ3) is 7.80. The van der Waals surface area contributed by atoms with Gasteiger partial charge in [0.15, 0.2) is 0 Å². The molecule has 2 N–H and O–H groups in total. The monoisotopic (exact) mass is 393 g/mol. The van der Waals surface area contributed by atoms with E-state index < -0.39 is 5.97 Å². The lowest BCUT2D eigenvalue weighted by molar-refractivity contribution is -0.137. The molecule has 0 aliphatic carbocycles. The van der Waals surface area contributed by atoms with E-state index in [0.29, 0.717) is 36.1 Å². The number of hydrogen-bond acceptors (Lipinski definition) is 4. The number of carboxylic acid groups (broad SMARTS) is 1. The van der Waals surface area contributed by atoms with Crippen LogP contribution in [0.4, 0.5) is 0 Å². The Labute approximate surface area is 161 Å². The lowest BCUT2D eigenvalue weighted by Crippen LogP contribution is -2.24. The number of carboxylic acids is 1. The lowest BCUT2D eigenvalue weighted by Gasteiger charge is -2.08. The Bertz CT molecular complexity index is 719. The van der Waals surface area contributed by atoms with E-state index in [-0.39, 0.29) is 12.3 Å². The van der Waals surface area contributed by atoms with Crippen LogP contribution in [0, 0.1) is 0 Å². The molecule has 0 atom stereocenters. The van der Waals surface area contributed by atoms with Crippen LogP contribution >= 0.6 is 23.4 Å². The molecule has 0 bridgehead atoms. The van der Waals surface area contributed by atoms with Crippen LogP contribution in [0.5, 0.6) is 5.75 Å². The highest BCUT2D eigenvalue weighted by Crippen LogP contribution is 2.20. The van der Waals surface area contributed by atoms with E-state index in [4.69, 9.17) is 21.4 Å². The number of benzene rings is 2. The van der Waals surface area contributed by atoms with Crippen molar-refractivity contribution in [2.75, 3.05) is 12.4 Å². The molecule has 26 heavy (non-hydrogen) atoms. The summed E-state index contributed by atoms with van der Waals surface area (Å²) in [6.07, 6.45) is 0.566. The predicted molar refractivity (Wildman–Crippen MR) is 103 cm³/mol. The van der Waals surface area contributed by atoms with E-state index in [1.807, 2.05) is 36.4 Å². The Morgan fingerprint density at radius 2 is 1.77 bits per heavy atom. The van der Waals surface area contributed by atoms with Crippen LogP contribution in [-0.4, -0.2) is 29.3 Å². The first-order chi connectivity index (χ1) is 12.5. The first-order valence-electron chi connectivity index (χ1n) is 8.11. The second-order valence-corrected chi connectivity index (χ2v) is 6.99. The molecule has 0 aliphatic rings. The van der Waals surface area contributed by atoms with Gasteiger partial charge in [-0.15, -0.1) is 11.8 Å². The molecule has 0 fully saturated rings. The maximum atomic E-state index is 11.9. The van der Waals surface area contributed by atoms with Gasteiger partial charge in [0.05, 0.1) is 12.4 Å². The van der Waals surface area contributed by atoms with Crippen molar-refractivity contribution < 1.29 is 19.4 Å². The van der Waals surface area contributed by atoms with Gasteiger partial charge in [-0.2, -0.15) is 0 Å². The zero-order valence-electron chi connectivity index (χ0n) is 14.1. The Morgan fingerprint density at radius 1 is 1.08 bits per heavy atom. The fourth-order valence-corrected chi connectivity index (χ4v) is 2.90. The zero-order valence-corrected chi connectivity index (χ0v) is 15.7. The maximum Gasteiger partial charge on any atom is 0.303 e. The standard InChI is InChI=1S/C19H20ClNO4S/c20-15-5-9-17(10-6-15)26-13-18(22)21-12-14-3-7-16(8-4-14)25-11-1-2-19(23)24/h3-10H,1-2,11-13H2,(H,21,22)(H,23,24). The van der Waals surface area contributed by atoms with Crippen molar-refractivity contribution in [2.24, 2.45) is 0 Å². The van der Waals surface area contributed by atoms with Crippen LogP contribution in [0.1, 0.15) is 18.4 Å². The highest BCUT2D eigenvalue weighted by molar-refractivity contribution is 8.00. The SMILES string of the molecule is O=C(O)CCCOc1ccc(CNC(=O)CSc2ccc(Cl)cc2)cc1. The molecule has 0 saturated carbocycles. The van der Waals surface area contributed by atoms with Gasteiger partial charge in [0.2, 0.25) is 5.91 Å². The fraction of sp³-hybridized carbons (Fsp3) is 0.263. The number of thioether (sulfide) groups is 1. The van der Waals surface area contributed by atoms with Crippen LogP contribution in [0.2, 0.25) is 5.02 Å². The maximum absolute atomic E-state index is 11.9. The molecule has 0 heterocycles. The molecule has 0 spiro atoms. The second-order valence-electron chi connectivity index (χ2n) is 5.51. The predicted octanol–water partition coefficient (Wildman–Crippen LogP) is 3.99. The van der Waals surface area contributed by atoms with Gasteiger partial charge >= 0.3 is 5.97 Å². The van der Waals surface area contributed by atoms with E-state index in [1.54, 1.807) is 12.1 Å². The quantitative estimate of drug-likeness (QED) is 0.471. The van der Waals surface area contributed by atoms with E-state index in [9.17, 15) is 9.59 Å². The average Bonchev–Trinajstić information content (AvgIpc) is 2.64. The molecular formula is C19H20ClNO4S. The van der Waals surface area contributed by atoms with Crippen LogP contribution in [0.25, 0.3) is 0 Å². The number of carbonyl (C=O) groups is 2. The fourth-order valence-electron chi connectivity index (χ4n) is 2.05. The number of hydrogen-bond donors (Lipinski definition) is 2. The lowest BCUT2D eigenvalue weighted by atomic mass is 10.2. The average molecular weight is 394 g/mol. The number of nitrogens with one attached hydrogen (secondary N) is 1. The molecule has 0 aliphatic heterocycles. The largest absolute Gasteiger partial charge is 0.494 e. The summed E-state index contributed by atoms with van der Waals surface area (Å²) in [7, 11) is 0. The van der Waals surface area contributed by atoms with E-state index >= 15 is 0 Å². The first kappa shape index (κ1) is 20.1. The summed E-state index contributed by atoms with van der Waals surface area (Å²) in [5, 5.41) is 12.1. The van der Waals surface area contributed by atoms with Crippen LogP contribution in [0.3, 0.4) is 0 Å². The topological polar surface area (TPSA) is 75.6 Å². The second kappa shape index (κ2) is 10.7. The van der Waals surface area contributed by atoms with Crippen molar-refractivity contribution in [3.05, 3.63) is 59.1 Å². The van der Waals surface area contributed by atoms with Gasteiger partial charge in [0, 0.05) is 22.9 Å². The van der Waals surface area contributed by atoms with Gasteiger partial charge in [-0.25, -0.2) is 0 Å². The molecule has 138 valence electrons. The van der Waals surface area contributed by atoms with Crippen molar-refractivity contribution in [1.82, 2.24) is 5.32 Å². The minimum absolute atomic E-state index is 0.0426. The van der Waals surface area contributed by atoms with Crippen LogP contribution in [-0.2, 0) is 16.1 Å². The van der Waals surface area contributed by atoms with Crippen molar-refractivity contribution in [3.63, 3.8) is 0 Å². The third-order valence-electron chi connectivity index (χ3n) is 3.40. The molecule has 2 aromatic rings. The Balaban J connectivity index is 1.67. The molecule has 2 rings (SSSR count). The van der Waals surface area contributed by atoms with Crippen molar-refractivity contribution in [3.8, 4) is 5.75 Å². The van der Waals surface area contributed by atoms with Crippen LogP contribution < -0.4 is 10.1 Å². The molecule has 0 radical (unpaired) electrons. The summed E-state index contributed by atoms with van der Waals surface area (Å²) in [5.74, 6) is 0.156. The normalized spacial score (nSPS) is 10.3. The van der Waals surface area contributed by atoms with Crippen molar-refractivity contribution >= 4 is 35.2 Å². The Hall–Kier alpha value is -2.18. The number of amides is 1. The van der Waals surface area contributed by atoms with E-state index in [2.05, 4.69) is 5.32 Å². The summed E-state index contributed by atoms with van der Waals surface area (Å²) in [6, 6.07) is 14.7. The first-order valence-corrected chi connectivity index (χ1v) is 9.48. The summed E-state index contributed by atoms with van der Waals surface area (Å²) in [5.41, 5.74) is 0.965. The van der Waals surface area contributed by atoms with E-state index in [0.717, 1.165) is 10.5 Å². The smallest absolute Gasteiger partial charge is 0.303 e. The zero-order chi connectivity index (χ0) is 18.8. The summed E-state index contributed by atoms with van der Waals surface area (Å²) < 4.78 is 5.47. The highest BCUT2D eigenvalue weighted by Gasteiger charge is 2.04. The summed E-state index contributed by atoms with van der Waals surface area (Å²) >= 11 is 7.29. The van der Waals surface area contributed by atoms with Gasteiger partial charge in [-0.05, 0) is 48.4 Å².